The van der Waals surface area contributed by atoms with Gasteiger partial charge in [-0.25, -0.2) is 29.9 Å². The van der Waals surface area contributed by atoms with Gasteiger partial charge in [-0.2, -0.15) is 0 Å². The molecule has 0 aliphatic rings. The monoisotopic (exact) mass is 1560 g/mol. The van der Waals surface area contributed by atoms with E-state index in [2.05, 4.69) is 326 Å². The molecular formula is C108H70N14. The lowest BCUT2D eigenvalue weighted by Gasteiger charge is -2.14. The molecule has 10 aromatic carbocycles. The Morgan fingerprint density at radius 1 is 0.148 bits per heavy atom. The molecule has 0 saturated carbocycles. The number of benzene rings is 10. The Morgan fingerprint density at radius 2 is 0.418 bits per heavy atom. The van der Waals surface area contributed by atoms with E-state index in [9.17, 15) is 0 Å². The zero-order valence-electron chi connectivity index (χ0n) is 65.7. The molecule has 572 valence electrons. The Balaban J connectivity index is 0.000000150. The Kier molecular flexibility index (Phi) is 19.3. The van der Waals surface area contributed by atoms with Crippen LogP contribution in [0.5, 0.6) is 0 Å². The van der Waals surface area contributed by atoms with Crippen LogP contribution in [0.4, 0.5) is 0 Å². The van der Waals surface area contributed by atoms with Crippen LogP contribution in [-0.4, -0.2) is 68.9 Å². The minimum atomic E-state index is 0.823. The van der Waals surface area contributed by atoms with Gasteiger partial charge >= 0.3 is 0 Å². The molecule has 22 aromatic rings. The zero-order valence-corrected chi connectivity index (χ0v) is 65.7. The number of pyridine rings is 8. The SMILES string of the molecule is c1ccc(-n2c3ccncc3c3cc(-c4cc(-c5cccc(-c6cccc(-c7cncnc7)n6)c5)cc(-c5cccc(-c6cccc(-c7cncnc7)n6)c5)c4)ccc32)cc1.c1ccc(-n2c3ccncc3c3cc(-c4cc(-c5cccc(-c6cncc(-c7cccnc7)c6)c5)cc(-c5cccc(-c6cncc(-c7cccnc7)c6)c5)c4)ccc32)cc1. The third kappa shape index (κ3) is 14.6. The number of rotatable bonds is 16. The zero-order chi connectivity index (χ0) is 81.1. The van der Waals surface area contributed by atoms with Gasteiger partial charge in [0.2, 0.25) is 0 Å². The molecule has 0 N–H and O–H groups in total. The van der Waals surface area contributed by atoms with Gasteiger partial charge in [0.15, 0.2) is 0 Å². The number of para-hydroxylation sites is 2. The Morgan fingerprint density at radius 3 is 0.787 bits per heavy atom. The van der Waals surface area contributed by atoms with Crippen molar-refractivity contribution < 1.29 is 0 Å². The van der Waals surface area contributed by atoms with Crippen LogP contribution >= 0.6 is 0 Å². The maximum absolute atomic E-state index is 5.02. The molecule has 22 rings (SSSR count). The molecule has 0 amide bonds. The lowest BCUT2D eigenvalue weighted by Crippen LogP contribution is -1.93. The van der Waals surface area contributed by atoms with Gasteiger partial charge < -0.3 is 9.13 Å². The largest absolute Gasteiger partial charge is 0.309 e. The van der Waals surface area contributed by atoms with Crippen molar-refractivity contribution in [1.82, 2.24) is 68.9 Å². The molecule has 0 atom stereocenters. The van der Waals surface area contributed by atoms with E-state index in [1.54, 1.807) is 37.2 Å². The first kappa shape index (κ1) is 72.8. The third-order valence-corrected chi connectivity index (χ3v) is 22.4. The van der Waals surface area contributed by atoms with Crippen molar-refractivity contribution in [2.24, 2.45) is 0 Å². The van der Waals surface area contributed by atoms with Gasteiger partial charge in [-0.15, -0.1) is 0 Å². The molecule has 122 heavy (non-hydrogen) atoms. The molecule has 0 fully saturated rings. The summed E-state index contributed by atoms with van der Waals surface area (Å²) in [5, 5.41) is 4.52. The molecule has 0 spiro atoms. The van der Waals surface area contributed by atoms with Crippen molar-refractivity contribution in [3.63, 3.8) is 0 Å². The number of fused-ring (bicyclic) bond motifs is 6. The van der Waals surface area contributed by atoms with Crippen LogP contribution in [0.25, 0.3) is 211 Å². The second kappa shape index (κ2) is 32.3. The van der Waals surface area contributed by atoms with E-state index in [4.69, 9.17) is 9.97 Å². The van der Waals surface area contributed by atoms with Crippen LogP contribution in [0.15, 0.2) is 427 Å². The quantitative estimate of drug-likeness (QED) is 0.0900. The summed E-state index contributed by atoms with van der Waals surface area (Å²) < 4.78 is 4.64. The third-order valence-electron chi connectivity index (χ3n) is 22.4. The fourth-order valence-electron chi connectivity index (χ4n) is 16.5. The number of hydrogen-bond donors (Lipinski definition) is 0. The minimum absolute atomic E-state index is 0.823. The number of nitrogens with zero attached hydrogens (tertiary/aromatic N) is 14. The highest BCUT2D eigenvalue weighted by molar-refractivity contribution is 6.12. The summed E-state index contributed by atoms with van der Waals surface area (Å²) in [7, 11) is 0. The first-order valence-electron chi connectivity index (χ1n) is 40.2. The molecule has 12 aromatic heterocycles. The summed E-state index contributed by atoms with van der Waals surface area (Å²) in [5.74, 6) is 0. The first-order valence-corrected chi connectivity index (χ1v) is 40.2. The summed E-state index contributed by atoms with van der Waals surface area (Å²) in [6.45, 7) is 0. The van der Waals surface area contributed by atoms with Crippen LogP contribution in [0.1, 0.15) is 0 Å². The van der Waals surface area contributed by atoms with Crippen molar-refractivity contribution >= 4 is 43.6 Å². The van der Waals surface area contributed by atoms with E-state index in [1.807, 2.05) is 110 Å². The van der Waals surface area contributed by atoms with Gasteiger partial charge in [-0.1, -0.05) is 146 Å². The fourth-order valence-corrected chi connectivity index (χ4v) is 16.5. The van der Waals surface area contributed by atoms with Gasteiger partial charge in [-0.05, 0) is 248 Å². The van der Waals surface area contributed by atoms with Gasteiger partial charge in [-0.3, -0.25) is 29.9 Å². The maximum Gasteiger partial charge on any atom is 0.115 e. The Bertz CT molecular complexity index is 6890. The van der Waals surface area contributed by atoms with Crippen LogP contribution in [0, 0.1) is 0 Å². The normalized spacial score (nSPS) is 11.3. The van der Waals surface area contributed by atoms with Gasteiger partial charge in [0.05, 0.1) is 44.8 Å². The van der Waals surface area contributed by atoms with Crippen molar-refractivity contribution in [3.05, 3.63) is 427 Å². The lowest BCUT2D eigenvalue weighted by molar-refractivity contribution is 1.16. The van der Waals surface area contributed by atoms with E-state index < -0.39 is 0 Å². The second-order valence-corrected chi connectivity index (χ2v) is 30.0. The fraction of sp³-hybridized carbons (Fsp3) is 0. The number of hydrogen-bond acceptors (Lipinski definition) is 12. The second-order valence-electron chi connectivity index (χ2n) is 30.0. The van der Waals surface area contributed by atoms with Gasteiger partial charge in [0.25, 0.3) is 0 Å². The Labute approximate surface area is 703 Å². The number of aromatic nitrogens is 14. The van der Waals surface area contributed by atoms with E-state index in [0.717, 1.165) is 211 Å². The van der Waals surface area contributed by atoms with Crippen molar-refractivity contribution in [2.45, 2.75) is 0 Å². The molecular weight excluding hydrogens is 1490 g/mol. The van der Waals surface area contributed by atoms with Crippen molar-refractivity contribution in [1.29, 1.82) is 0 Å². The molecule has 0 radical (unpaired) electrons. The topological polar surface area (TPSA) is 165 Å². The summed E-state index contributed by atoms with van der Waals surface area (Å²) in [6.07, 6.45) is 32.9. The smallest absolute Gasteiger partial charge is 0.115 e. The van der Waals surface area contributed by atoms with E-state index in [-0.39, 0.29) is 0 Å². The predicted molar refractivity (Wildman–Crippen MR) is 491 cm³/mol. The van der Waals surface area contributed by atoms with E-state index in [1.165, 1.54) is 12.7 Å². The maximum atomic E-state index is 5.02. The molecule has 14 heteroatoms. The molecule has 0 bridgehead atoms. The molecule has 0 saturated heterocycles. The van der Waals surface area contributed by atoms with Gasteiger partial charge in [0, 0.05) is 188 Å². The van der Waals surface area contributed by atoms with Crippen molar-refractivity contribution in [2.75, 3.05) is 0 Å². The molecule has 12 heterocycles. The summed E-state index contributed by atoms with van der Waals surface area (Å²) >= 11 is 0. The molecule has 0 unspecified atom stereocenters. The highest BCUT2D eigenvalue weighted by Crippen LogP contribution is 2.43. The van der Waals surface area contributed by atoms with Crippen molar-refractivity contribution in [3.8, 4) is 168 Å². The van der Waals surface area contributed by atoms with Crippen LogP contribution in [0.3, 0.4) is 0 Å². The summed E-state index contributed by atoms with van der Waals surface area (Å²) in [6, 6.07) is 112. The van der Waals surface area contributed by atoms with Gasteiger partial charge in [0.1, 0.15) is 12.7 Å². The minimum Gasteiger partial charge on any atom is -0.309 e. The highest BCUT2D eigenvalue weighted by Gasteiger charge is 2.20. The molecule has 0 aliphatic heterocycles. The van der Waals surface area contributed by atoms with Crippen LogP contribution in [-0.2, 0) is 0 Å². The Hall–Kier alpha value is -16.8. The summed E-state index contributed by atoms with van der Waals surface area (Å²) in [4.78, 5) is 53.9. The lowest BCUT2D eigenvalue weighted by atomic mass is 9.91. The standard InChI is InChI=1S/C55H36N6.C53H34N8/c1-2-14-51(15-3-1)61-54-17-16-41(29-52(54)53-36-58-21-18-55(53)61)46-25-44(37-8-4-10-39(22-37)47-27-49(34-59-32-47)42-12-6-19-56-30-42)24-45(26-46)38-9-5-11-40(23-38)48-28-50(35-60-33-48)43-13-7-20-57-31-43;1-2-12-45(13-3-1)61-52-19-18-37(27-46(52)47-32-54-21-20-53(47)61)42-25-40(35-8-4-10-38(22-35)48-14-6-16-50(59-48)43-28-55-33-56-29-43)24-41(26-42)36-9-5-11-39(23-36)49-15-7-17-51(60-49)44-30-57-34-58-31-44/h1-36H;1-34H. The first-order chi connectivity index (χ1) is 60.4. The molecule has 14 nitrogen and oxygen atoms in total. The average molecular weight is 1560 g/mol. The van der Waals surface area contributed by atoms with Crippen LogP contribution in [0.2, 0.25) is 0 Å². The predicted octanol–water partition coefficient (Wildman–Crippen LogP) is 25.6. The average Bonchev–Trinajstić information content (AvgIpc) is 1.60. The van der Waals surface area contributed by atoms with E-state index in [0.29, 0.717) is 0 Å². The van der Waals surface area contributed by atoms with E-state index >= 15 is 0 Å². The molecule has 0 aliphatic carbocycles. The van der Waals surface area contributed by atoms with Crippen LogP contribution < -0.4 is 0 Å². The highest BCUT2D eigenvalue weighted by atomic mass is 15.0. The summed E-state index contributed by atoms with van der Waals surface area (Å²) in [5.41, 5.74) is 35.6.